The van der Waals surface area contributed by atoms with Crippen LogP contribution in [0.1, 0.15) is 28.4 Å². The molecule has 7 nitrogen and oxygen atoms in total. The highest BCUT2D eigenvalue weighted by molar-refractivity contribution is 6.33. The Balaban J connectivity index is 1.67. The van der Waals surface area contributed by atoms with E-state index in [1.54, 1.807) is 18.2 Å². The molecule has 1 amide bonds. The number of anilines is 2. The lowest BCUT2D eigenvalue weighted by Gasteiger charge is -2.16. The van der Waals surface area contributed by atoms with Gasteiger partial charge in [-0.3, -0.25) is 4.79 Å². The number of carbonyl (C=O) groups is 2. The van der Waals surface area contributed by atoms with Crippen LogP contribution in [0.25, 0.3) is 0 Å². The van der Waals surface area contributed by atoms with Crippen LogP contribution in [0.4, 0.5) is 11.4 Å². The van der Waals surface area contributed by atoms with E-state index in [0.717, 1.165) is 11.1 Å². The Morgan fingerprint density at radius 1 is 0.912 bits per heavy atom. The normalized spacial score (nSPS) is 10.5. The van der Waals surface area contributed by atoms with Crippen LogP contribution in [0.3, 0.4) is 0 Å². The van der Waals surface area contributed by atoms with Crippen molar-refractivity contribution in [3.8, 4) is 11.5 Å². The van der Waals surface area contributed by atoms with E-state index >= 15 is 0 Å². The second kappa shape index (κ2) is 11.6. The molecule has 0 aromatic heterocycles. The Hall–Kier alpha value is -3.42. The van der Waals surface area contributed by atoms with Gasteiger partial charge in [0.15, 0.2) is 18.1 Å². The number of amides is 1. The first-order valence-electron chi connectivity index (χ1n) is 10.5. The molecule has 178 valence electrons. The fourth-order valence-corrected chi connectivity index (χ4v) is 3.55. The lowest BCUT2D eigenvalue weighted by molar-refractivity contribution is -0.118. The number of aryl methyl sites for hydroxylation is 1. The number of nitrogens with one attached hydrogen (secondary N) is 2. The van der Waals surface area contributed by atoms with Crippen molar-refractivity contribution in [1.29, 1.82) is 0 Å². The molecule has 3 rings (SSSR count). The molecule has 34 heavy (non-hydrogen) atoms. The number of ether oxygens (including phenoxy) is 2. The largest absolute Gasteiger partial charge is 0.490 e. The van der Waals surface area contributed by atoms with Crippen molar-refractivity contribution in [2.24, 2.45) is 0 Å². The number of carboxylic acids is 1. The van der Waals surface area contributed by atoms with Gasteiger partial charge in [-0.25, -0.2) is 4.79 Å². The molecule has 0 atom stereocenters. The summed E-state index contributed by atoms with van der Waals surface area (Å²) in [4.78, 5) is 23.4. The van der Waals surface area contributed by atoms with Crippen molar-refractivity contribution in [2.45, 2.75) is 20.4 Å². The summed E-state index contributed by atoms with van der Waals surface area (Å²) < 4.78 is 11.4. The molecule has 3 aromatic carbocycles. The maximum atomic E-state index is 12.3. The summed E-state index contributed by atoms with van der Waals surface area (Å²) in [6, 6.07) is 15.4. The number of hydrogen-bond acceptors (Lipinski definition) is 5. The number of carboxylic acid groups (broad SMARTS) is 1. The molecule has 0 aliphatic heterocycles. The number of aromatic carboxylic acids is 1. The molecule has 3 aromatic rings. The topological polar surface area (TPSA) is 96.9 Å². The van der Waals surface area contributed by atoms with Gasteiger partial charge >= 0.3 is 5.97 Å². The smallest absolute Gasteiger partial charge is 0.337 e. The third-order valence-corrected chi connectivity index (χ3v) is 5.45. The van der Waals surface area contributed by atoms with Gasteiger partial charge < -0.3 is 25.2 Å². The fraction of sp³-hybridized carbons (Fsp3) is 0.200. The molecule has 0 heterocycles. The van der Waals surface area contributed by atoms with Gasteiger partial charge in [-0.15, -0.1) is 0 Å². The van der Waals surface area contributed by atoms with E-state index in [1.165, 1.54) is 12.1 Å². The summed E-state index contributed by atoms with van der Waals surface area (Å²) in [6.07, 6.45) is 0. The maximum Gasteiger partial charge on any atom is 0.337 e. The lowest BCUT2D eigenvalue weighted by Crippen LogP contribution is -2.20. The van der Waals surface area contributed by atoms with Gasteiger partial charge in [-0.1, -0.05) is 40.9 Å². The highest BCUT2D eigenvalue weighted by Gasteiger charge is 2.14. The second-order valence-electron chi connectivity index (χ2n) is 7.38. The van der Waals surface area contributed by atoms with E-state index in [2.05, 4.69) is 10.6 Å². The molecule has 0 aliphatic carbocycles. The summed E-state index contributed by atoms with van der Waals surface area (Å²) in [5, 5.41) is 15.6. The van der Waals surface area contributed by atoms with Crippen LogP contribution in [-0.2, 0) is 11.3 Å². The fourth-order valence-electron chi connectivity index (χ4n) is 3.07. The quantitative estimate of drug-likeness (QED) is 0.313. The van der Waals surface area contributed by atoms with Crippen LogP contribution in [0.2, 0.25) is 10.0 Å². The number of halogens is 2. The van der Waals surface area contributed by atoms with Gasteiger partial charge in [0, 0.05) is 29.0 Å². The van der Waals surface area contributed by atoms with Crippen molar-refractivity contribution in [1.82, 2.24) is 0 Å². The van der Waals surface area contributed by atoms with E-state index in [1.807, 2.05) is 38.1 Å². The van der Waals surface area contributed by atoms with E-state index in [0.29, 0.717) is 41.0 Å². The molecule has 0 spiro atoms. The van der Waals surface area contributed by atoms with Crippen molar-refractivity contribution in [2.75, 3.05) is 23.8 Å². The van der Waals surface area contributed by atoms with Crippen LogP contribution >= 0.6 is 23.2 Å². The van der Waals surface area contributed by atoms with E-state index in [4.69, 9.17) is 37.8 Å². The van der Waals surface area contributed by atoms with Crippen LogP contribution in [0.15, 0.2) is 54.6 Å². The highest BCUT2D eigenvalue weighted by Crippen LogP contribution is 2.34. The molecule has 0 unspecified atom stereocenters. The van der Waals surface area contributed by atoms with Crippen molar-refractivity contribution in [3.63, 3.8) is 0 Å². The number of rotatable bonds is 10. The van der Waals surface area contributed by atoms with Gasteiger partial charge in [0.2, 0.25) is 0 Å². The molecule has 3 N–H and O–H groups in total. The predicted molar refractivity (Wildman–Crippen MR) is 134 cm³/mol. The van der Waals surface area contributed by atoms with E-state index in [-0.39, 0.29) is 23.1 Å². The summed E-state index contributed by atoms with van der Waals surface area (Å²) in [5.74, 6) is -0.603. The van der Waals surface area contributed by atoms with Gasteiger partial charge in [0.1, 0.15) is 0 Å². The molecule has 0 saturated carbocycles. The summed E-state index contributed by atoms with van der Waals surface area (Å²) in [7, 11) is 0. The zero-order valence-electron chi connectivity index (χ0n) is 18.7. The van der Waals surface area contributed by atoms with Crippen molar-refractivity contribution in [3.05, 3.63) is 81.3 Å². The molecule has 0 saturated heterocycles. The molecule has 0 radical (unpaired) electrons. The Morgan fingerprint density at radius 3 is 2.24 bits per heavy atom. The van der Waals surface area contributed by atoms with Crippen molar-refractivity contribution >= 4 is 46.5 Å². The maximum absolute atomic E-state index is 12.3. The summed E-state index contributed by atoms with van der Waals surface area (Å²) in [6.45, 7) is 4.32. The summed E-state index contributed by atoms with van der Waals surface area (Å²) >= 11 is 12.5. The number of carbonyl (C=O) groups excluding carboxylic acids is 1. The summed E-state index contributed by atoms with van der Waals surface area (Å²) in [5.41, 5.74) is 3.16. The number of hydrogen-bond donors (Lipinski definition) is 3. The third kappa shape index (κ3) is 6.79. The number of benzene rings is 3. The second-order valence-corrected chi connectivity index (χ2v) is 8.19. The van der Waals surface area contributed by atoms with Crippen LogP contribution in [0, 0.1) is 6.92 Å². The molecule has 9 heteroatoms. The average molecular weight is 503 g/mol. The van der Waals surface area contributed by atoms with Crippen molar-refractivity contribution < 1.29 is 24.2 Å². The highest BCUT2D eigenvalue weighted by atomic mass is 35.5. The van der Waals surface area contributed by atoms with Crippen LogP contribution < -0.4 is 20.1 Å². The molecule has 0 fully saturated rings. The Labute approximate surface area is 207 Å². The Morgan fingerprint density at radius 2 is 1.59 bits per heavy atom. The zero-order valence-corrected chi connectivity index (χ0v) is 20.2. The Kier molecular flexibility index (Phi) is 8.62. The predicted octanol–water partition coefficient (Wildman–Crippen LogP) is 6.03. The Bertz CT molecular complexity index is 1180. The minimum absolute atomic E-state index is 0.0248. The molecular weight excluding hydrogens is 479 g/mol. The minimum atomic E-state index is -1.09. The average Bonchev–Trinajstić information content (AvgIpc) is 2.79. The van der Waals surface area contributed by atoms with Crippen LogP contribution in [-0.4, -0.2) is 30.2 Å². The molecular formula is C25H24Cl2N2O5. The van der Waals surface area contributed by atoms with Gasteiger partial charge in [0.05, 0.1) is 17.2 Å². The van der Waals surface area contributed by atoms with Crippen LogP contribution in [0.5, 0.6) is 11.5 Å². The zero-order chi connectivity index (χ0) is 24.7. The van der Waals surface area contributed by atoms with E-state index < -0.39 is 5.97 Å². The molecule has 0 aliphatic rings. The molecule has 0 bridgehead atoms. The SMILES string of the molecule is CCOc1cc(CNc2ccc(C(=O)O)c(Cl)c2)c(Cl)cc1OCC(=O)Nc1ccc(C)cc1. The first-order valence-corrected chi connectivity index (χ1v) is 11.2. The first-order chi connectivity index (χ1) is 16.3. The monoisotopic (exact) mass is 502 g/mol. The standard InChI is InChI=1S/C25H24Cl2N2O5/c1-3-33-22-10-16(13-28-18-8-9-19(25(31)32)21(27)11-18)20(26)12-23(22)34-14-24(30)29-17-6-4-15(2)5-7-17/h4-12,28H,3,13-14H2,1-2H3,(H,29,30)(H,31,32). The lowest BCUT2D eigenvalue weighted by atomic mass is 10.1. The van der Waals surface area contributed by atoms with Gasteiger partial charge in [-0.05, 0) is 55.8 Å². The minimum Gasteiger partial charge on any atom is -0.490 e. The first kappa shape index (κ1) is 25.2. The third-order valence-electron chi connectivity index (χ3n) is 4.79. The van der Waals surface area contributed by atoms with E-state index in [9.17, 15) is 9.59 Å². The van der Waals surface area contributed by atoms with Gasteiger partial charge in [0.25, 0.3) is 5.91 Å². The van der Waals surface area contributed by atoms with Gasteiger partial charge in [-0.2, -0.15) is 0 Å².